The largest absolute Gasteiger partial charge is 0.360 e. The Hall–Kier alpha value is -4.02. The third kappa shape index (κ3) is 4.25. The molecule has 6 aromatic rings. The van der Waals surface area contributed by atoms with Gasteiger partial charge >= 0.3 is 0 Å². The molecular formula is C26H19FN6OS2. The highest BCUT2D eigenvalue weighted by Gasteiger charge is 2.20. The number of aromatic nitrogens is 5. The number of benzene rings is 3. The summed E-state index contributed by atoms with van der Waals surface area (Å²) in [6.45, 7) is 2.02. The van der Waals surface area contributed by atoms with E-state index in [0.717, 1.165) is 32.2 Å². The molecule has 10 heteroatoms. The van der Waals surface area contributed by atoms with Gasteiger partial charge in [-0.1, -0.05) is 47.4 Å². The fourth-order valence-electron chi connectivity index (χ4n) is 3.99. The fraction of sp³-hybridized carbons (Fsp3) is 0.0769. The lowest BCUT2D eigenvalue weighted by atomic mass is 10.1. The lowest BCUT2D eigenvalue weighted by Gasteiger charge is -2.10. The first-order valence-electron chi connectivity index (χ1n) is 11.1. The Kier molecular flexibility index (Phi) is 5.74. The van der Waals surface area contributed by atoms with Gasteiger partial charge in [0.15, 0.2) is 16.1 Å². The normalized spacial score (nSPS) is 11.4. The molecule has 0 aliphatic heterocycles. The summed E-state index contributed by atoms with van der Waals surface area (Å²) in [7, 11) is 0. The molecule has 0 bridgehead atoms. The molecule has 0 aliphatic rings. The third-order valence-electron chi connectivity index (χ3n) is 5.67. The first kappa shape index (κ1) is 22.4. The van der Waals surface area contributed by atoms with E-state index in [4.69, 9.17) is 0 Å². The van der Waals surface area contributed by atoms with Gasteiger partial charge in [0.25, 0.3) is 0 Å². The first-order chi connectivity index (χ1) is 17.5. The maximum absolute atomic E-state index is 13.7. The maximum atomic E-state index is 13.7. The van der Waals surface area contributed by atoms with Crippen molar-refractivity contribution in [2.24, 2.45) is 0 Å². The molecule has 0 unspecified atom stereocenters. The number of aryl methyl sites for hydroxylation is 1. The topological polar surface area (TPSA) is 88.5 Å². The average molecular weight is 515 g/mol. The van der Waals surface area contributed by atoms with Gasteiger partial charge in [-0.15, -0.1) is 10.2 Å². The highest BCUT2D eigenvalue weighted by molar-refractivity contribution is 7.99. The maximum Gasteiger partial charge on any atom is 0.236 e. The zero-order chi connectivity index (χ0) is 24.6. The van der Waals surface area contributed by atoms with E-state index < -0.39 is 0 Å². The van der Waals surface area contributed by atoms with Crippen LogP contribution in [0, 0.1) is 12.7 Å². The number of thioether (sulfide) groups is 1. The number of aromatic amines is 1. The van der Waals surface area contributed by atoms with Crippen LogP contribution >= 0.6 is 23.1 Å². The van der Waals surface area contributed by atoms with E-state index in [1.54, 1.807) is 12.1 Å². The Balaban J connectivity index is 1.29. The van der Waals surface area contributed by atoms with Gasteiger partial charge in [0.2, 0.25) is 5.91 Å². The molecule has 178 valence electrons. The summed E-state index contributed by atoms with van der Waals surface area (Å²) in [5.41, 5.74) is 4.54. The lowest BCUT2D eigenvalue weighted by Crippen LogP contribution is -2.14. The summed E-state index contributed by atoms with van der Waals surface area (Å²) >= 11 is 2.70. The summed E-state index contributed by atoms with van der Waals surface area (Å²) in [6.07, 6.45) is 1.88. The standard InChI is InChI=1S/C26H19FN6OS2/c1-15-6-11-21-22(12-15)36-25(29-21)30-23(34)14-35-26-32-31-24(33(26)17-9-7-16(27)8-10-17)19-13-28-20-5-3-2-4-18(19)20/h2-13,28H,14H2,1H3,(H,29,30,34). The molecule has 0 atom stereocenters. The van der Waals surface area contributed by atoms with Crippen LogP contribution in [0.25, 0.3) is 38.2 Å². The van der Waals surface area contributed by atoms with Crippen LogP contribution in [0.3, 0.4) is 0 Å². The molecule has 0 fully saturated rings. The number of nitrogens with one attached hydrogen (secondary N) is 2. The molecule has 2 N–H and O–H groups in total. The molecular weight excluding hydrogens is 495 g/mol. The Morgan fingerprint density at radius 3 is 2.81 bits per heavy atom. The van der Waals surface area contributed by atoms with E-state index in [1.807, 2.05) is 54.1 Å². The number of amides is 1. The fourth-order valence-corrected chi connectivity index (χ4v) is 5.72. The lowest BCUT2D eigenvalue weighted by molar-refractivity contribution is -0.113. The Bertz CT molecular complexity index is 1720. The van der Waals surface area contributed by atoms with Gasteiger partial charge in [0.05, 0.1) is 16.0 Å². The minimum Gasteiger partial charge on any atom is -0.360 e. The number of anilines is 1. The van der Waals surface area contributed by atoms with Crippen molar-refractivity contribution in [1.82, 2.24) is 24.7 Å². The number of halogens is 1. The zero-order valence-electron chi connectivity index (χ0n) is 19.0. The number of fused-ring (bicyclic) bond motifs is 2. The van der Waals surface area contributed by atoms with Crippen molar-refractivity contribution < 1.29 is 9.18 Å². The number of hydrogen-bond donors (Lipinski definition) is 2. The van der Waals surface area contributed by atoms with Crippen molar-refractivity contribution in [3.63, 3.8) is 0 Å². The quantitative estimate of drug-likeness (QED) is 0.258. The smallest absolute Gasteiger partial charge is 0.236 e. The van der Waals surface area contributed by atoms with E-state index in [0.29, 0.717) is 21.8 Å². The number of hydrogen-bond acceptors (Lipinski definition) is 6. The van der Waals surface area contributed by atoms with Crippen molar-refractivity contribution in [2.45, 2.75) is 12.1 Å². The number of carbonyl (C=O) groups is 1. The molecule has 0 saturated heterocycles. The van der Waals surface area contributed by atoms with E-state index in [-0.39, 0.29) is 17.5 Å². The number of nitrogens with zero attached hydrogens (tertiary/aromatic N) is 4. The molecule has 3 heterocycles. The molecule has 3 aromatic carbocycles. The highest BCUT2D eigenvalue weighted by atomic mass is 32.2. The predicted octanol–water partition coefficient (Wildman–Crippen LogP) is 6.20. The summed E-state index contributed by atoms with van der Waals surface area (Å²) in [5.74, 6) is 0.184. The SMILES string of the molecule is Cc1ccc2nc(NC(=O)CSc3nnc(-c4c[nH]c5ccccc45)n3-c3ccc(F)cc3)sc2c1. The van der Waals surface area contributed by atoms with Gasteiger partial charge in [0, 0.05) is 28.4 Å². The van der Waals surface area contributed by atoms with Crippen LogP contribution in [0.15, 0.2) is 78.1 Å². The van der Waals surface area contributed by atoms with Crippen LogP contribution in [0.5, 0.6) is 0 Å². The second-order valence-electron chi connectivity index (χ2n) is 8.19. The monoisotopic (exact) mass is 514 g/mol. The Labute approximate surface area is 213 Å². The second kappa shape index (κ2) is 9.21. The first-order valence-corrected chi connectivity index (χ1v) is 12.9. The number of thiazole rings is 1. The molecule has 0 aliphatic carbocycles. The molecule has 0 spiro atoms. The summed E-state index contributed by atoms with van der Waals surface area (Å²) in [4.78, 5) is 20.5. The van der Waals surface area contributed by atoms with Crippen molar-refractivity contribution in [3.8, 4) is 17.1 Å². The minimum atomic E-state index is -0.333. The van der Waals surface area contributed by atoms with Crippen molar-refractivity contribution in [3.05, 3.63) is 84.3 Å². The van der Waals surface area contributed by atoms with Crippen LogP contribution in [0.2, 0.25) is 0 Å². The predicted molar refractivity (Wildman–Crippen MR) is 142 cm³/mol. The summed E-state index contributed by atoms with van der Waals surface area (Å²) in [6, 6.07) is 20.0. The minimum absolute atomic E-state index is 0.113. The summed E-state index contributed by atoms with van der Waals surface area (Å²) in [5, 5.41) is 13.8. The van der Waals surface area contributed by atoms with Crippen LogP contribution in [-0.4, -0.2) is 36.4 Å². The van der Waals surface area contributed by atoms with Crippen LogP contribution < -0.4 is 5.32 Å². The summed E-state index contributed by atoms with van der Waals surface area (Å²) < 4.78 is 16.5. The van der Waals surface area contributed by atoms with Crippen LogP contribution in [0.4, 0.5) is 9.52 Å². The van der Waals surface area contributed by atoms with Crippen molar-refractivity contribution >= 4 is 55.3 Å². The molecule has 7 nitrogen and oxygen atoms in total. The van der Waals surface area contributed by atoms with Gasteiger partial charge in [-0.05, 0) is 55.0 Å². The van der Waals surface area contributed by atoms with E-state index in [1.165, 1.54) is 35.2 Å². The van der Waals surface area contributed by atoms with Gasteiger partial charge in [-0.25, -0.2) is 9.37 Å². The van der Waals surface area contributed by atoms with Gasteiger partial charge in [-0.2, -0.15) is 0 Å². The highest BCUT2D eigenvalue weighted by Crippen LogP contribution is 2.33. The Morgan fingerprint density at radius 1 is 1.11 bits per heavy atom. The molecule has 36 heavy (non-hydrogen) atoms. The number of carbonyl (C=O) groups excluding carboxylic acids is 1. The zero-order valence-corrected chi connectivity index (χ0v) is 20.7. The van der Waals surface area contributed by atoms with E-state index in [2.05, 4.69) is 31.5 Å². The third-order valence-corrected chi connectivity index (χ3v) is 7.53. The van der Waals surface area contributed by atoms with Crippen LogP contribution in [-0.2, 0) is 4.79 Å². The van der Waals surface area contributed by atoms with Crippen molar-refractivity contribution in [2.75, 3.05) is 11.1 Å². The van der Waals surface area contributed by atoms with Gasteiger partial charge < -0.3 is 10.3 Å². The number of para-hydroxylation sites is 1. The number of rotatable bonds is 6. The van der Waals surface area contributed by atoms with Gasteiger partial charge in [0.1, 0.15) is 5.82 Å². The van der Waals surface area contributed by atoms with Crippen molar-refractivity contribution in [1.29, 1.82) is 0 Å². The number of H-pyrrole nitrogens is 1. The molecule has 0 saturated carbocycles. The van der Waals surface area contributed by atoms with E-state index in [9.17, 15) is 9.18 Å². The molecule has 3 aromatic heterocycles. The molecule has 1 amide bonds. The Morgan fingerprint density at radius 2 is 1.94 bits per heavy atom. The second-order valence-corrected chi connectivity index (χ2v) is 10.2. The molecule has 6 rings (SSSR count). The average Bonchev–Trinajstić information content (AvgIpc) is 3.59. The van der Waals surface area contributed by atoms with E-state index >= 15 is 0 Å². The van der Waals surface area contributed by atoms with Crippen LogP contribution in [0.1, 0.15) is 5.56 Å². The molecule has 0 radical (unpaired) electrons. The van der Waals surface area contributed by atoms with Gasteiger partial charge in [-0.3, -0.25) is 9.36 Å².